The highest BCUT2D eigenvalue weighted by Crippen LogP contribution is 2.32. The van der Waals surface area contributed by atoms with E-state index >= 15 is 0 Å². The summed E-state index contributed by atoms with van der Waals surface area (Å²) in [6, 6.07) is 2.63. The first-order chi connectivity index (χ1) is 9.67. The first-order valence-electron chi connectivity index (χ1n) is 8.18. The van der Waals surface area contributed by atoms with E-state index in [1.165, 1.54) is 57.4 Å². The molecule has 1 N–H and O–H groups in total. The van der Waals surface area contributed by atoms with Gasteiger partial charge in [0.05, 0.1) is 5.69 Å². The Labute approximate surface area is 122 Å². The van der Waals surface area contributed by atoms with Crippen molar-refractivity contribution in [1.82, 2.24) is 20.0 Å². The summed E-state index contributed by atoms with van der Waals surface area (Å²) >= 11 is 0. The molecule has 3 rings (SSSR count). The van der Waals surface area contributed by atoms with E-state index in [2.05, 4.69) is 41.0 Å². The smallest absolute Gasteiger partial charge is 0.0764 e. The summed E-state index contributed by atoms with van der Waals surface area (Å²) < 4.78 is 2.07. The van der Waals surface area contributed by atoms with Crippen LogP contribution in [0.4, 0.5) is 0 Å². The predicted molar refractivity (Wildman–Crippen MR) is 81.7 cm³/mol. The molecule has 20 heavy (non-hydrogen) atoms. The monoisotopic (exact) mass is 276 g/mol. The van der Waals surface area contributed by atoms with Crippen LogP contribution in [0.2, 0.25) is 0 Å². The van der Waals surface area contributed by atoms with Crippen LogP contribution in [0.25, 0.3) is 0 Å². The molecule has 0 unspecified atom stereocenters. The highest BCUT2D eigenvalue weighted by Gasteiger charge is 2.36. The highest BCUT2D eigenvalue weighted by atomic mass is 15.3. The topological polar surface area (TPSA) is 33.1 Å². The summed E-state index contributed by atoms with van der Waals surface area (Å²) in [7, 11) is 0. The zero-order valence-electron chi connectivity index (χ0n) is 12.9. The second-order valence-electron chi connectivity index (χ2n) is 6.86. The van der Waals surface area contributed by atoms with Crippen molar-refractivity contribution in [2.75, 3.05) is 19.6 Å². The van der Waals surface area contributed by atoms with Crippen LogP contribution in [-0.4, -0.2) is 39.9 Å². The van der Waals surface area contributed by atoms with Gasteiger partial charge in [0, 0.05) is 30.9 Å². The Morgan fingerprint density at radius 3 is 2.80 bits per heavy atom. The molecule has 4 nitrogen and oxygen atoms in total. The van der Waals surface area contributed by atoms with Crippen LogP contribution in [0.1, 0.15) is 57.7 Å². The van der Waals surface area contributed by atoms with Crippen molar-refractivity contribution in [3.05, 3.63) is 18.0 Å². The van der Waals surface area contributed by atoms with Gasteiger partial charge in [-0.25, -0.2) is 0 Å². The van der Waals surface area contributed by atoms with Gasteiger partial charge in [-0.3, -0.25) is 9.58 Å². The number of hydrogen-bond acceptors (Lipinski definition) is 3. The number of nitrogens with zero attached hydrogens (tertiary/aromatic N) is 3. The Morgan fingerprint density at radius 1 is 1.30 bits per heavy atom. The fourth-order valence-electron chi connectivity index (χ4n) is 3.72. The maximum Gasteiger partial charge on any atom is 0.0764 e. The van der Waals surface area contributed by atoms with Crippen molar-refractivity contribution < 1.29 is 0 Å². The third-order valence-electron chi connectivity index (χ3n) is 4.82. The molecule has 1 aromatic heterocycles. The molecular formula is C16H28N4. The molecular weight excluding hydrogens is 248 g/mol. The molecule has 1 aliphatic carbocycles. The standard InChI is InChI=1S/C16H28N4/c1-14(2)20-11-6-15(18-20)12-19-10-5-9-17-16(13-19)7-3-4-8-16/h6,11,14,17H,3-5,7-10,12-13H2,1-2H3. The summed E-state index contributed by atoms with van der Waals surface area (Å²) in [6.45, 7) is 8.94. The van der Waals surface area contributed by atoms with Crippen LogP contribution in [0.15, 0.2) is 12.3 Å². The van der Waals surface area contributed by atoms with Gasteiger partial charge in [-0.05, 0) is 52.3 Å². The lowest BCUT2D eigenvalue weighted by Crippen LogP contribution is -2.49. The van der Waals surface area contributed by atoms with Gasteiger partial charge in [0.2, 0.25) is 0 Å². The first kappa shape index (κ1) is 14.1. The normalized spacial score (nSPS) is 23.6. The maximum atomic E-state index is 4.70. The molecule has 0 bridgehead atoms. The Kier molecular flexibility index (Phi) is 4.13. The van der Waals surface area contributed by atoms with E-state index in [1.54, 1.807) is 0 Å². The van der Waals surface area contributed by atoms with Crippen molar-refractivity contribution in [3.63, 3.8) is 0 Å². The zero-order chi connectivity index (χ0) is 14.0. The molecule has 0 atom stereocenters. The van der Waals surface area contributed by atoms with Gasteiger partial charge in [-0.1, -0.05) is 12.8 Å². The van der Waals surface area contributed by atoms with E-state index in [-0.39, 0.29) is 0 Å². The third-order valence-corrected chi connectivity index (χ3v) is 4.82. The van der Waals surface area contributed by atoms with E-state index in [0.717, 1.165) is 6.54 Å². The summed E-state index contributed by atoms with van der Waals surface area (Å²) in [5.74, 6) is 0. The fourth-order valence-corrected chi connectivity index (χ4v) is 3.72. The second kappa shape index (κ2) is 5.86. The second-order valence-corrected chi connectivity index (χ2v) is 6.86. The van der Waals surface area contributed by atoms with Gasteiger partial charge in [0.25, 0.3) is 0 Å². The molecule has 1 aliphatic heterocycles. The number of hydrogen-bond donors (Lipinski definition) is 1. The Hall–Kier alpha value is -0.870. The van der Waals surface area contributed by atoms with Gasteiger partial charge < -0.3 is 5.32 Å². The van der Waals surface area contributed by atoms with E-state index in [9.17, 15) is 0 Å². The molecule has 2 heterocycles. The molecule has 0 aromatic carbocycles. The van der Waals surface area contributed by atoms with E-state index in [4.69, 9.17) is 5.10 Å². The molecule has 1 spiro atoms. The largest absolute Gasteiger partial charge is 0.310 e. The van der Waals surface area contributed by atoms with Gasteiger partial charge in [-0.2, -0.15) is 5.10 Å². The molecule has 0 amide bonds. The minimum absolute atomic E-state index is 0.400. The van der Waals surface area contributed by atoms with Crippen molar-refractivity contribution in [2.45, 2.75) is 64.1 Å². The van der Waals surface area contributed by atoms with Gasteiger partial charge in [-0.15, -0.1) is 0 Å². The molecule has 2 aliphatic rings. The SMILES string of the molecule is CC(C)n1ccc(CN2CCCNC3(CCCC3)C2)n1. The molecule has 2 fully saturated rings. The molecule has 1 saturated carbocycles. The first-order valence-corrected chi connectivity index (χ1v) is 8.18. The quantitative estimate of drug-likeness (QED) is 0.921. The summed E-state index contributed by atoms with van der Waals surface area (Å²) in [4.78, 5) is 2.61. The predicted octanol–water partition coefficient (Wildman–Crippen LogP) is 2.57. The van der Waals surface area contributed by atoms with Crippen LogP contribution in [0.3, 0.4) is 0 Å². The average Bonchev–Trinajstić information content (AvgIpc) is 2.99. The minimum atomic E-state index is 0.400. The van der Waals surface area contributed by atoms with Crippen LogP contribution in [-0.2, 0) is 6.54 Å². The number of nitrogens with one attached hydrogen (secondary N) is 1. The Morgan fingerprint density at radius 2 is 2.10 bits per heavy atom. The lowest BCUT2D eigenvalue weighted by Gasteiger charge is -2.33. The van der Waals surface area contributed by atoms with Crippen LogP contribution in [0.5, 0.6) is 0 Å². The van der Waals surface area contributed by atoms with E-state index in [0.29, 0.717) is 11.6 Å². The van der Waals surface area contributed by atoms with Crippen molar-refractivity contribution >= 4 is 0 Å². The van der Waals surface area contributed by atoms with Crippen LogP contribution < -0.4 is 5.32 Å². The summed E-state index contributed by atoms with van der Waals surface area (Å²) in [6.07, 6.45) is 8.85. The molecule has 4 heteroatoms. The molecule has 1 aromatic rings. The van der Waals surface area contributed by atoms with Crippen LogP contribution in [0, 0.1) is 0 Å². The molecule has 112 valence electrons. The third kappa shape index (κ3) is 3.07. The van der Waals surface area contributed by atoms with E-state index < -0.39 is 0 Å². The number of rotatable bonds is 3. The molecule has 0 radical (unpaired) electrons. The lowest BCUT2D eigenvalue weighted by molar-refractivity contribution is 0.201. The zero-order valence-corrected chi connectivity index (χ0v) is 12.9. The van der Waals surface area contributed by atoms with Crippen molar-refractivity contribution in [3.8, 4) is 0 Å². The van der Waals surface area contributed by atoms with Gasteiger partial charge in [0.1, 0.15) is 0 Å². The Bertz CT molecular complexity index is 431. The van der Waals surface area contributed by atoms with E-state index in [1.807, 2.05) is 0 Å². The van der Waals surface area contributed by atoms with Crippen molar-refractivity contribution in [1.29, 1.82) is 0 Å². The maximum absolute atomic E-state index is 4.70. The molecule has 1 saturated heterocycles. The van der Waals surface area contributed by atoms with Gasteiger partial charge in [0.15, 0.2) is 0 Å². The summed E-state index contributed by atoms with van der Waals surface area (Å²) in [5.41, 5.74) is 1.62. The number of aromatic nitrogens is 2. The average molecular weight is 276 g/mol. The Balaban J connectivity index is 1.65. The highest BCUT2D eigenvalue weighted by molar-refractivity contribution is 5.02. The minimum Gasteiger partial charge on any atom is -0.310 e. The summed E-state index contributed by atoms with van der Waals surface area (Å²) in [5, 5.41) is 8.53. The van der Waals surface area contributed by atoms with Gasteiger partial charge >= 0.3 is 0 Å². The fraction of sp³-hybridized carbons (Fsp3) is 0.812. The lowest BCUT2D eigenvalue weighted by atomic mass is 9.97. The van der Waals surface area contributed by atoms with Crippen molar-refractivity contribution in [2.24, 2.45) is 0 Å². The van der Waals surface area contributed by atoms with Crippen LogP contribution >= 0.6 is 0 Å².